The van der Waals surface area contributed by atoms with E-state index < -0.39 is 0 Å². The Morgan fingerprint density at radius 3 is 2.15 bits per heavy atom. The fourth-order valence-electron chi connectivity index (χ4n) is 2.98. The zero-order chi connectivity index (χ0) is 9.69. The summed E-state index contributed by atoms with van der Waals surface area (Å²) in [5.41, 5.74) is 1.33. The minimum absolute atomic E-state index is 0.553. The molecule has 0 radical (unpaired) electrons. The van der Waals surface area contributed by atoms with Gasteiger partial charge in [-0.05, 0) is 36.1 Å². The summed E-state index contributed by atoms with van der Waals surface area (Å²) in [5, 5.41) is 0. The van der Waals surface area contributed by atoms with Gasteiger partial charge in [-0.3, -0.25) is 0 Å². The molecule has 0 bridgehead atoms. The molecular formula is C12H23N. The molecule has 0 unspecified atom stereocenters. The first kappa shape index (κ1) is 9.51. The van der Waals surface area contributed by atoms with Crippen LogP contribution in [0.4, 0.5) is 0 Å². The molecule has 1 aliphatic heterocycles. The third-order valence-electron chi connectivity index (χ3n) is 4.15. The highest BCUT2D eigenvalue weighted by Gasteiger charge is 2.54. The van der Waals surface area contributed by atoms with Crippen molar-refractivity contribution in [1.29, 1.82) is 0 Å². The van der Waals surface area contributed by atoms with E-state index in [2.05, 4.69) is 32.6 Å². The number of hydrogen-bond donors (Lipinski definition) is 0. The molecule has 1 saturated carbocycles. The van der Waals surface area contributed by atoms with Crippen molar-refractivity contribution in [2.45, 2.75) is 40.5 Å². The molecule has 1 heterocycles. The lowest BCUT2D eigenvalue weighted by atomic mass is 9.52. The summed E-state index contributed by atoms with van der Waals surface area (Å²) in [6, 6.07) is 0. The molecule has 13 heavy (non-hydrogen) atoms. The van der Waals surface area contributed by atoms with Crippen LogP contribution >= 0.6 is 0 Å². The van der Waals surface area contributed by atoms with Crippen LogP contribution in [0.2, 0.25) is 0 Å². The highest BCUT2D eigenvalue weighted by Crippen LogP contribution is 2.57. The van der Waals surface area contributed by atoms with Crippen LogP contribution in [0.3, 0.4) is 0 Å². The largest absolute Gasteiger partial charge is 0.302 e. The molecule has 2 aliphatic rings. The highest BCUT2D eigenvalue weighted by molar-refractivity contribution is 5.06. The fourth-order valence-corrected chi connectivity index (χ4v) is 2.98. The lowest BCUT2D eigenvalue weighted by Crippen LogP contribution is -2.63. The van der Waals surface area contributed by atoms with Crippen molar-refractivity contribution in [3.05, 3.63) is 0 Å². The lowest BCUT2D eigenvalue weighted by Gasteiger charge is -2.62. The van der Waals surface area contributed by atoms with Crippen molar-refractivity contribution in [1.82, 2.24) is 4.90 Å². The zero-order valence-electron chi connectivity index (χ0n) is 9.56. The molecule has 1 spiro atoms. The Morgan fingerprint density at radius 1 is 1.23 bits per heavy atom. The first-order valence-electron chi connectivity index (χ1n) is 5.68. The summed E-state index contributed by atoms with van der Waals surface area (Å²) >= 11 is 0. The van der Waals surface area contributed by atoms with Gasteiger partial charge in [-0.1, -0.05) is 27.7 Å². The van der Waals surface area contributed by atoms with Crippen LogP contribution in [-0.4, -0.2) is 24.5 Å². The van der Waals surface area contributed by atoms with E-state index >= 15 is 0 Å². The number of nitrogens with zero attached hydrogens (tertiary/aromatic N) is 1. The fraction of sp³-hybridized carbons (Fsp3) is 1.00. The second kappa shape index (κ2) is 2.73. The summed E-state index contributed by atoms with van der Waals surface area (Å²) in [4.78, 5) is 2.57. The van der Waals surface area contributed by atoms with Gasteiger partial charge in [0.25, 0.3) is 0 Å². The topological polar surface area (TPSA) is 3.24 Å². The Labute approximate surface area is 82.5 Å². The second-order valence-corrected chi connectivity index (χ2v) is 6.27. The van der Waals surface area contributed by atoms with E-state index in [9.17, 15) is 0 Å². The van der Waals surface area contributed by atoms with Crippen molar-refractivity contribution >= 4 is 0 Å². The molecule has 0 aromatic heterocycles. The van der Waals surface area contributed by atoms with Crippen molar-refractivity contribution < 1.29 is 0 Å². The van der Waals surface area contributed by atoms with E-state index in [-0.39, 0.29) is 0 Å². The standard InChI is InChI=1S/C12H23N/c1-5-13-8-12(9-13)6-10(7-12)11(2,3)4/h10H,5-9H2,1-4H3. The quantitative estimate of drug-likeness (QED) is 0.601. The Kier molecular flexibility index (Phi) is 1.99. The normalized spacial score (nSPS) is 28.6. The summed E-state index contributed by atoms with van der Waals surface area (Å²) in [7, 11) is 0. The molecule has 0 aromatic carbocycles. The van der Waals surface area contributed by atoms with Crippen LogP contribution in [0.5, 0.6) is 0 Å². The molecule has 1 aliphatic carbocycles. The predicted molar refractivity (Wildman–Crippen MR) is 56.7 cm³/mol. The Balaban J connectivity index is 1.80. The Morgan fingerprint density at radius 2 is 1.77 bits per heavy atom. The highest BCUT2D eigenvalue weighted by atomic mass is 15.2. The van der Waals surface area contributed by atoms with Gasteiger partial charge in [0.1, 0.15) is 0 Å². The van der Waals surface area contributed by atoms with Crippen molar-refractivity contribution in [2.75, 3.05) is 19.6 Å². The van der Waals surface area contributed by atoms with E-state index in [4.69, 9.17) is 0 Å². The zero-order valence-corrected chi connectivity index (χ0v) is 9.56. The number of hydrogen-bond acceptors (Lipinski definition) is 1. The third-order valence-corrected chi connectivity index (χ3v) is 4.15. The van der Waals surface area contributed by atoms with Gasteiger partial charge < -0.3 is 4.90 Å². The van der Waals surface area contributed by atoms with Crippen LogP contribution in [0.25, 0.3) is 0 Å². The van der Waals surface area contributed by atoms with Crippen LogP contribution in [-0.2, 0) is 0 Å². The molecule has 0 aromatic rings. The third kappa shape index (κ3) is 1.52. The smallest absolute Gasteiger partial charge is 0.00506 e. The van der Waals surface area contributed by atoms with Gasteiger partial charge in [0.15, 0.2) is 0 Å². The first-order chi connectivity index (χ1) is 5.95. The molecule has 0 atom stereocenters. The van der Waals surface area contributed by atoms with E-state index in [1.54, 1.807) is 0 Å². The summed E-state index contributed by atoms with van der Waals surface area (Å²) in [6.45, 7) is 13.5. The minimum atomic E-state index is 0.553. The Hall–Kier alpha value is -0.0400. The van der Waals surface area contributed by atoms with Crippen LogP contribution in [0.15, 0.2) is 0 Å². The molecule has 1 heteroatoms. The van der Waals surface area contributed by atoms with Crippen LogP contribution in [0.1, 0.15) is 40.5 Å². The number of likely N-dealkylation sites (tertiary alicyclic amines) is 1. The van der Waals surface area contributed by atoms with Gasteiger partial charge in [0, 0.05) is 13.1 Å². The lowest BCUT2D eigenvalue weighted by molar-refractivity contribution is -0.120. The maximum absolute atomic E-state index is 2.57. The predicted octanol–water partition coefficient (Wildman–Crippen LogP) is 2.76. The van der Waals surface area contributed by atoms with Crippen molar-refractivity contribution in [3.8, 4) is 0 Å². The maximum atomic E-state index is 2.57. The molecule has 1 saturated heterocycles. The van der Waals surface area contributed by atoms with Gasteiger partial charge in [-0.2, -0.15) is 0 Å². The van der Waals surface area contributed by atoms with Gasteiger partial charge in [-0.25, -0.2) is 0 Å². The average Bonchev–Trinajstić information content (AvgIpc) is 1.78. The summed E-state index contributed by atoms with van der Waals surface area (Å²) < 4.78 is 0. The molecule has 0 N–H and O–H groups in total. The van der Waals surface area contributed by atoms with Gasteiger partial charge in [0.05, 0.1) is 0 Å². The van der Waals surface area contributed by atoms with E-state index in [0.29, 0.717) is 5.41 Å². The van der Waals surface area contributed by atoms with Crippen molar-refractivity contribution in [3.63, 3.8) is 0 Å². The molecule has 2 rings (SSSR count). The van der Waals surface area contributed by atoms with E-state index in [0.717, 1.165) is 11.3 Å². The molecule has 0 amide bonds. The molecule has 1 nitrogen and oxygen atoms in total. The Bertz CT molecular complexity index is 188. The monoisotopic (exact) mass is 181 g/mol. The number of rotatable bonds is 1. The van der Waals surface area contributed by atoms with Crippen LogP contribution < -0.4 is 0 Å². The minimum Gasteiger partial charge on any atom is -0.302 e. The summed E-state index contributed by atoms with van der Waals surface area (Å²) in [6.07, 6.45) is 2.99. The average molecular weight is 181 g/mol. The van der Waals surface area contributed by atoms with Gasteiger partial charge >= 0.3 is 0 Å². The van der Waals surface area contributed by atoms with E-state index in [1.165, 1.54) is 32.5 Å². The van der Waals surface area contributed by atoms with Crippen molar-refractivity contribution in [2.24, 2.45) is 16.7 Å². The van der Waals surface area contributed by atoms with Gasteiger partial charge in [-0.15, -0.1) is 0 Å². The van der Waals surface area contributed by atoms with Crippen LogP contribution in [0, 0.1) is 16.7 Å². The summed E-state index contributed by atoms with van der Waals surface area (Å²) in [5.74, 6) is 0.992. The SMILES string of the molecule is CCN1CC2(CC(C(C)(C)C)C2)C1. The first-order valence-corrected chi connectivity index (χ1v) is 5.68. The molecular weight excluding hydrogens is 158 g/mol. The van der Waals surface area contributed by atoms with Gasteiger partial charge in [0.2, 0.25) is 0 Å². The second-order valence-electron chi connectivity index (χ2n) is 6.27. The maximum Gasteiger partial charge on any atom is 0.00506 e. The van der Waals surface area contributed by atoms with E-state index in [1.807, 2.05) is 0 Å². The molecule has 2 fully saturated rings. The molecule has 76 valence electrons.